The summed E-state index contributed by atoms with van der Waals surface area (Å²) in [5, 5.41) is 11.2. The lowest BCUT2D eigenvalue weighted by atomic mass is 10.2. The van der Waals surface area contributed by atoms with Gasteiger partial charge in [-0.2, -0.15) is 5.10 Å². The van der Waals surface area contributed by atoms with Crippen LogP contribution in [0, 0.1) is 0 Å². The Morgan fingerprint density at radius 2 is 1.86 bits per heavy atom. The largest absolute Gasteiger partial charge is 0.368 e. The van der Waals surface area contributed by atoms with E-state index in [2.05, 4.69) is 25.6 Å². The van der Waals surface area contributed by atoms with Gasteiger partial charge in [-0.25, -0.2) is 4.99 Å². The van der Waals surface area contributed by atoms with Crippen LogP contribution in [0.15, 0.2) is 41.5 Å². The molecule has 1 aromatic carbocycles. The molecule has 2 heterocycles. The molecule has 9 heteroatoms. The van der Waals surface area contributed by atoms with Crippen LogP contribution in [0.2, 0.25) is 5.02 Å². The summed E-state index contributed by atoms with van der Waals surface area (Å²) in [7, 11) is 1.89. The number of amides is 1. The van der Waals surface area contributed by atoms with Crippen molar-refractivity contribution in [3.05, 3.63) is 47.2 Å². The fourth-order valence-electron chi connectivity index (χ4n) is 3.20. The maximum absolute atomic E-state index is 12.6. The molecule has 0 unspecified atom stereocenters. The Kier molecular flexibility index (Phi) is 7.35. The third-order valence-electron chi connectivity index (χ3n) is 4.90. The first-order valence-corrected chi connectivity index (χ1v) is 10.2. The van der Waals surface area contributed by atoms with Gasteiger partial charge in [0.1, 0.15) is 0 Å². The molecule has 2 aromatic rings. The number of carbonyl (C=O) groups is 1. The fourth-order valence-corrected chi connectivity index (χ4v) is 3.32. The maximum Gasteiger partial charge on any atom is 0.242 e. The van der Waals surface area contributed by atoms with Crippen molar-refractivity contribution in [2.45, 2.75) is 13.5 Å². The van der Waals surface area contributed by atoms with Crippen molar-refractivity contribution in [3.8, 4) is 0 Å². The Labute approximate surface area is 176 Å². The molecule has 1 amide bonds. The van der Waals surface area contributed by atoms with E-state index >= 15 is 0 Å². The highest BCUT2D eigenvalue weighted by Crippen LogP contribution is 2.19. The van der Waals surface area contributed by atoms with Gasteiger partial charge in [-0.1, -0.05) is 11.6 Å². The first-order valence-electron chi connectivity index (χ1n) is 9.84. The minimum absolute atomic E-state index is 0.0758. The van der Waals surface area contributed by atoms with Gasteiger partial charge in [-0.3, -0.25) is 9.48 Å². The minimum atomic E-state index is 0.0758. The number of rotatable bonds is 6. The van der Waals surface area contributed by atoms with Crippen LogP contribution < -0.4 is 15.5 Å². The third kappa shape index (κ3) is 5.87. The number of aromatic nitrogens is 2. The predicted molar refractivity (Wildman–Crippen MR) is 116 cm³/mol. The number of aryl methyl sites for hydroxylation is 1. The molecule has 29 heavy (non-hydrogen) atoms. The molecule has 156 valence electrons. The summed E-state index contributed by atoms with van der Waals surface area (Å²) in [6.45, 7) is 6.46. The van der Waals surface area contributed by atoms with E-state index in [0.29, 0.717) is 25.6 Å². The van der Waals surface area contributed by atoms with E-state index in [-0.39, 0.29) is 12.5 Å². The summed E-state index contributed by atoms with van der Waals surface area (Å²) in [6, 6.07) is 9.75. The molecule has 0 atom stereocenters. The van der Waals surface area contributed by atoms with Gasteiger partial charge in [-0.05, 0) is 37.3 Å². The summed E-state index contributed by atoms with van der Waals surface area (Å²) in [6.07, 6.45) is 1.75. The van der Waals surface area contributed by atoms with E-state index in [0.717, 1.165) is 36.0 Å². The van der Waals surface area contributed by atoms with E-state index < -0.39 is 0 Å². The molecule has 0 bridgehead atoms. The predicted octanol–water partition coefficient (Wildman–Crippen LogP) is 1.48. The topological polar surface area (TPSA) is 77.8 Å². The van der Waals surface area contributed by atoms with Crippen LogP contribution in [0.3, 0.4) is 0 Å². The molecule has 1 aromatic heterocycles. The highest BCUT2D eigenvalue weighted by atomic mass is 35.5. The van der Waals surface area contributed by atoms with Crippen molar-refractivity contribution in [2.24, 2.45) is 12.0 Å². The average Bonchev–Trinajstić information content (AvgIpc) is 3.15. The molecule has 1 fully saturated rings. The van der Waals surface area contributed by atoms with E-state index in [1.807, 2.05) is 49.2 Å². The van der Waals surface area contributed by atoms with E-state index in [1.54, 1.807) is 10.9 Å². The zero-order valence-electron chi connectivity index (χ0n) is 16.9. The standard InChI is InChI=1S/C20H28ClN7O/c1-3-22-20(23-14-18-8-9-25-26(18)2)24-15-19(29)28-12-10-27(11-13-28)17-6-4-16(21)5-7-17/h4-9H,3,10-15H2,1-2H3,(H2,22,23,24). The lowest BCUT2D eigenvalue weighted by Gasteiger charge is -2.36. The molecule has 2 N–H and O–H groups in total. The van der Waals surface area contributed by atoms with Gasteiger partial charge in [0.2, 0.25) is 5.91 Å². The molecule has 0 radical (unpaired) electrons. The van der Waals surface area contributed by atoms with Crippen molar-refractivity contribution in [1.29, 1.82) is 0 Å². The molecule has 1 aliphatic rings. The Balaban J connectivity index is 1.47. The molecule has 1 aliphatic heterocycles. The van der Waals surface area contributed by atoms with Gasteiger partial charge in [-0.15, -0.1) is 0 Å². The second kappa shape index (κ2) is 10.2. The Morgan fingerprint density at radius 1 is 1.14 bits per heavy atom. The molecule has 0 spiro atoms. The number of hydrogen-bond donors (Lipinski definition) is 2. The highest BCUT2D eigenvalue weighted by Gasteiger charge is 2.21. The summed E-state index contributed by atoms with van der Waals surface area (Å²) in [4.78, 5) is 21.3. The van der Waals surface area contributed by atoms with Crippen LogP contribution >= 0.6 is 11.6 Å². The normalized spacial score (nSPS) is 14.8. The van der Waals surface area contributed by atoms with Crippen LogP contribution in [-0.4, -0.2) is 65.8 Å². The van der Waals surface area contributed by atoms with Gasteiger partial charge in [0.15, 0.2) is 5.96 Å². The van der Waals surface area contributed by atoms with Crippen LogP contribution in [-0.2, 0) is 18.4 Å². The summed E-state index contributed by atoms with van der Waals surface area (Å²) in [5.41, 5.74) is 2.14. The average molecular weight is 418 g/mol. The number of anilines is 1. The first kappa shape index (κ1) is 21.0. The van der Waals surface area contributed by atoms with Crippen molar-refractivity contribution < 1.29 is 4.79 Å². The number of halogens is 1. The van der Waals surface area contributed by atoms with E-state index in [4.69, 9.17) is 11.6 Å². The van der Waals surface area contributed by atoms with Crippen molar-refractivity contribution in [2.75, 3.05) is 44.2 Å². The molecule has 0 aliphatic carbocycles. The SMILES string of the molecule is CCNC(=NCc1ccnn1C)NCC(=O)N1CCN(c2ccc(Cl)cc2)CC1. The quantitative estimate of drug-likeness (QED) is 0.550. The van der Waals surface area contributed by atoms with E-state index in [9.17, 15) is 4.79 Å². The number of hydrogen-bond acceptors (Lipinski definition) is 4. The fraction of sp³-hybridized carbons (Fsp3) is 0.450. The maximum atomic E-state index is 12.6. The zero-order valence-corrected chi connectivity index (χ0v) is 17.7. The Hall–Kier alpha value is -2.74. The summed E-state index contributed by atoms with van der Waals surface area (Å²) < 4.78 is 1.79. The number of piperazine rings is 1. The third-order valence-corrected chi connectivity index (χ3v) is 5.15. The number of aliphatic imine (C=N–C) groups is 1. The number of nitrogens with zero attached hydrogens (tertiary/aromatic N) is 5. The van der Waals surface area contributed by atoms with Gasteiger partial charge in [0.05, 0.1) is 18.8 Å². The zero-order chi connectivity index (χ0) is 20.6. The first-order chi connectivity index (χ1) is 14.1. The van der Waals surface area contributed by atoms with Gasteiger partial charge in [0, 0.05) is 56.7 Å². The lowest BCUT2D eigenvalue weighted by Crippen LogP contribution is -2.52. The molecule has 8 nitrogen and oxygen atoms in total. The molecule has 3 rings (SSSR count). The van der Waals surface area contributed by atoms with Crippen LogP contribution in [0.5, 0.6) is 0 Å². The van der Waals surface area contributed by atoms with Crippen LogP contribution in [0.25, 0.3) is 0 Å². The highest BCUT2D eigenvalue weighted by molar-refractivity contribution is 6.30. The monoisotopic (exact) mass is 417 g/mol. The van der Waals surface area contributed by atoms with Crippen molar-refractivity contribution in [3.63, 3.8) is 0 Å². The second-order valence-corrected chi connectivity index (χ2v) is 7.28. The Morgan fingerprint density at radius 3 is 2.48 bits per heavy atom. The van der Waals surface area contributed by atoms with Gasteiger partial charge < -0.3 is 20.4 Å². The smallest absolute Gasteiger partial charge is 0.242 e. The molecule has 1 saturated heterocycles. The van der Waals surface area contributed by atoms with Crippen molar-refractivity contribution in [1.82, 2.24) is 25.3 Å². The van der Waals surface area contributed by atoms with Crippen molar-refractivity contribution >= 4 is 29.2 Å². The minimum Gasteiger partial charge on any atom is -0.368 e. The molecule has 0 saturated carbocycles. The number of guanidine groups is 1. The van der Waals surface area contributed by atoms with Gasteiger partial charge in [0.25, 0.3) is 0 Å². The van der Waals surface area contributed by atoms with Crippen LogP contribution in [0.1, 0.15) is 12.6 Å². The lowest BCUT2D eigenvalue weighted by molar-refractivity contribution is -0.130. The number of benzene rings is 1. The number of carbonyl (C=O) groups excluding carboxylic acids is 1. The molecular weight excluding hydrogens is 390 g/mol. The van der Waals surface area contributed by atoms with Gasteiger partial charge >= 0.3 is 0 Å². The second-order valence-electron chi connectivity index (χ2n) is 6.84. The number of nitrogens with one attached hydrogen (secondary N) is 2. The summed E-state index contributed by atoms with van der Waals surface area (Å²) >= 11 is 5.96. The Bertz CT molecular complexity index is 826. The summed E-state index contributed by atoms with van der Waals surface area (Å²) in [5.74, 6) is 0.703. The molecular formula is C20H28ClN7O. The van der Waals surface area contributed by atoms with Crippen LogP contribution in [0.4, 0.5) is 5.69 Å². The van der Waals surface area contributed by atoms with E-state index in [1.165, 1.54) is 0 Å².